The fourth-order valence-corrected chi connectivity index (χ4v) is 3.33. The summed E-state index contributed by atoms with van der Waals surface area (Å²) in [5.74, 6) is -2.46. The van der Waals surface area contributed by atoms with Gasteiger partial charge in [0.15, 0.2) is 11.6 Å². The number of nitrogens with two attached hydrogens (primary N) is 1. The van der Waals surface area contributed by atoms with Crippen molar-refractivity contribution in [1.29, 1.82) is 0 Å². The molecule has 0 spiro atoms. The van der Waals surface area contributed by atoms with Crippen molar-refractivity contribution in [2.45, 2.75) is 11.8 Å². The molecule has 8 heteroatoms. The number of sulfonamides is 1. The first-order valence-electron chi connectivity index (χ1n) is 5.75. The number of hydrogen-bond donors (Lipinski definition) is 2. The Balaban J connectivity index is 2.48. The molecule has 0 fully saturated rings. The van der Waals surface area contributed by atoms with Crippen molar-refractivity contribution in [2.75, 3.05) is 10.5 Å². The molecule has 0 aliphatic carbocycles. The Morgan fingerprint density at radius 1 is 1.24 bits per heavy atom. The second-order valence-corrected chi connectivity index (χ2v) is 6.40. The Bertz CT molecular complexity index is 810. The van der Waals surface area contributed by atoms with Gasteiger partial charge in [0.1, 0.15) is 4.90 Å². The highest BCUT2D eigenvalue weighted by molar-refractivity contribution is 7.92. The molecule has 0 bridgehead atoms. The van der Waals surface area contributed by atoms with Gasteiger partial charge in [0, 0.05) is 5.69 Å². The van der Waals surface area contributed by atoms with E-state index in [9.17, 15) is 17.2 Å². The molecular weight excluding hydrogens is 322 g/mol. The van der Waals surface area contributed by atoms with Crippen molar-refractivity contribution >= 4 is 33.0 Å². The van der Waals surface area contributed by atoms with E-state index in [1.807, 2.05) is 4.72 Å². The fraction of sp³-hybridized carbons (Fsp3) is 0.0769. The molecule has 0 unspecified atom stereocenters. The minimum absolute atomic E-state index is 0.0639. The topological polar surface area (TPSA) is 72.2 Å². The van der Waals surface area contributed by atoms with E-state index >= 15 is 0 Å². The minimum atomic E-state index is -4.19. The number of hydrogen-bond acceptors (Lipinski definition) is 3. The zero-order valence-corrected chi connectivity index (χ0v) is 12.4. The van der Waals surface area contributed by atoms with E-state index in [0.717, 1.165) is 18.2 Å². The summed E-state index contributed by atoms with van der Waals surface area (Å²) in [6, 6.07) is 5.71. The average Bonchev–Trinajstić information content (AvgIpc) is 2.39. The van der Waals surface area contributed by atoms with Crippen LogP contribution in [0.4, 0.5) is 20.2 Å². The Morgan fingerprint density at radius 2 is 1.90 bits per heavy atom. The molecule has 2 aromatic carbocycles. The predicted octanol–water partition coefficient (Wildman–Crippen LogP) is 3.31. The van der Waals surface area contributed by atoms with Gasteiger partial charge in [0.05, 0.1) is 10.7 Å². The van der Waals surface area contributed by atoms with Gasteiger partial charge in [-0.25, -0.2) is 17.2 Å². The maximum Gasteiger partial charge on any atom is 0.263 e. The molecule has 0 aromatic heterocycles. The molecule has 0 aliphatic rings. The third-order valence-corrected chi connectivity index (χ3v) is 4.64. The zero-order chi connectivity index (χ0) is 15.8. The standard InChI is InChI=1S/C13H11ClF2N2O2S/c1-7-5-8(14)12(6-10(7)17)21(19,20)18-11-4-2-3-9(15)13(11)16/h2-6,18H,17H2,1H3. The van der Waals surface area contributed by atoms with Gasteiger partial charge in [-0.1, -0.05) is 17.7 Å². The number of anilines is 2. The summed E-state index contributed by atoms with van der Waals surface area (Å²) in [7, 11) is -4.19. The van der Waals surface area contributed by atoms with E-state index in [-0.39, 0.29) is 15.6 Å². The summed E-state index contributed by atoms with van der Waals surface area (Å²) >= 11 is 5.88. The molecule has 21 heavy (non-hydrogen) atoms. The first-order valence-corrected chi connectivity index (χ1v) is 7.61. The molecule has 2 aromatic rings. The van der Waals surface area contributed by atoms with Crippen LogP contribution in [0.5, 0.6) is 0 Å². The van der Waals surface area contributed by atoms with Crippen LogP contribution in [-0.4, -0.2) is 8.42 Å². The van der Waals surface area contributed by atoms with Gasteiger partial charge in [-0.3, -0.25) is 4.72 Å². The van der Waals surface area contributed by atoms with Crippen LogP contribution in [0.25, 0.3) is 0 Å². The van der Waals surface area contributed by atoms with Crippen LogP contribution in [0.3, 0.4) is 0 Å². The lowest BCUT2D eigenvalue weighted by molar-refractivity contribution is 0.511. The summed E-state index contributed by atoms with van der Waals surface area (Å²) < 4.78 is 53.0. The molecule has 0 amide bonds. The molecule has 0 aliphatic heterocycles. The maximum atomic E-state index is 13.5. The van der Waals surface area contributed by atoms with E-state index in [0.29, 0.717) is 5.56 Å². The second kappa shape index (κ2) is 5.50. The molecule has 4 nitrogen and oxygen atoms in total. The Kier molecular flexibility index (Phi) is 4.06. The fourth-order valence-electron chi connectivity index (χ4n) is 1.66. The Morgan fingerprint density at radius 3 is 2.57 bits per heavy atom. The Labute approximate surface area is 125 Å². The average molecular weight is 333 g/mol. The molecule has 3 N–H and O–H groups in total. The third kappa shape index (κ3) is 3.08. The summed E-state index contributed by atoms with van der Waals surface area (Å²) in [4.78, 5) is -0.309. The largest absolute Gasteiger partial charge is 0.398 e. The van der Waals surface area contributed by atoms with E-state index in [4.69, 9.17) is 17.3 Å². The predicted molar refractivity (Wildman–Crippen MR) is 77.8 cm³/mol. The number of nitrogen functional groups attached to an aromatic ring is 1. The summed E-state index contributed by atoms with van der Waals surface area (Å²) in [6.07, 6.45) is 0. The summed E-state index contributed by atoms with van der Waals surface area (Å²) in [6.45, 7) is 1.66. The zero-order valence-electron chi connectivity index (χ0n) is 10.8. The second-order valence-electron chi connectivity index (χ2n) is 4.35. The van der Waals surface area contributed by atoms with E-state index in [2.05, 4.69) is 0 Å². The van der Waals surface area contributed by atoms with Crippen LogP contribution >= 0.6 is 11.6 Å². The number of benzene rings is 2. The first-order chi connectivity index (χ1) is 9.72. The third-order valence-electron chi connectivity index (χ3n) is 2.81. The van der Waals surface area contributed by atoms with Crippen LogP contribution in [0.2, 0.25) is 5.02 Å². The molecule has 2 rings (SSSR count). The van der Waals surface area contributed by atoms with Gasteiger partial charge in [0.2, 0.25) is 0 Å². The van der Waals surface area contributed by atoms with Gasteiger partial charge in [0.25, 0.3) is 10.0 Å². The lowest BCUT2D eigenvalue weighted by Crippen LogP contribution is -2.15. The SMILES string of the molecule is Cc1cc(Cl)c(S(=O)(=O)Nc2cccc(F)c2F)cc1N. The number of nitrogens with one attached hydrogen (secondary N) is 1. The van der Waals surface area contributed by atoms with Gasteiger partial charge in [-0.15, -0.1) is 0 Å². The lowest BCUT2D eigenvalue weighted by Gasteiger charge is -2.12. The highest BCUT2D eigenvalue weighted by atomic mass is 35.5. The van der Waals surface area contributed by atoms with Crippen molar-refractivity contribution in [1.82, 2.24) is 0 Å². The molecule has 0 heterocycles. The number of rotatable bonds is 3. The smallest absolute Gasteiger partial charge is 0.263 e. The van der Waals surface area contributed by atoms with Gasteiger partial charge in [-0.05, 0) is 36.8 Å². The van der Waals surface area contributed by atoms with E-state index in [1.54, 1.807) is 6.92 Å². The highest BCUT2D eigenvalue weighted by Gasteiger charge is 2.21. The van der Waals surface area contributed by atoms with Crippen molar-refractivity contribution in [3.8, 4) is 0 Å². The van der Waals surface area contributed by atoms with Gasteiger partial charge in [-0.2, -0.15) is 0 Å². The molecule has 112 valence electrons. The molecule has 0 saturated carbocycles. The molecule has 0 saturated heterocycles. The van der Waals surface area contributed by atoms with E-state index in [1.165, 1.54) is 12.1 Å². The van der Waals surface area contributed by atoms with E-state index < -0.39 is 27.3 Å². The summed E-state index contributed by atoms with van der Waals surface area (Å²) in [5, 5.41) is -0.0639. The van der Waals surface area contributed by atoms with Crippen LogP contribution in [0, 0.1) is 18.6 Å². The number of aryl methyl sites for hydroxylation is 1. The van der Waals surface area contributed by atoms with Gasteiger partial charge < -0.3 is 5.73 Å². The van der Waals surface area contributed by atoms with Crippen molar-refractivity contribution in [2.24, 2.45) is 0 Å². The molecule has 0 atom stereocenters. The van der Waals surface area contributed by atoms with Crippen LogP contribution in [0.15, 0.2) is 35.2 Å². The Hall–Kier alpha value is -1.86. The minimum Gasteiger partial charge on any atom is -0.398 e. The molecule has 0 radical (unpaired) electrons. The van der Waals surface area contributed by atoms with Crippen molar-refractivity contribution in [3.63, 3.8) is 0 Å². The quantitative estimate of drug-likeness (QED) is 0.847. The number of halogens is 3. The van der Waals surface area contributed by atoms with Crippen molar-refractivity contribution in [3.05, 3.63) is 52.6 Å². The van der Waals surface area contributed by atoms with Crippen LogP contribution < -0.4 is 10.5 Å². The highest BCUT2D eigenvalue weighted by Crippen LogP contribution is 2.29. The monoisotopic (exact) mass is 332 g/mol. The van der Waals surface area contributed by atoms with Crippen LogP contribution in [-0.2, 0) is 10.0 Å². The maximum absolute atomic E-state index is 13.5. The van der Waals surface area contributed by atoms with Crippen molar-refractivity contribution < 1.29 is 17.2 Å². The first kappa shape index (κ1) is 15.5. The van der Waals surface area contributed by atoms with Gasteiger partial charge >= 0.3 is 0 Å². The van der Waals surface area contributed by atoms with Crippen LogP contribution in [0.1, 0.15) is 5.56 Å². The summed E-state index contributed by atoms with van der Waals surface area (Å²) in [5.41, 5.74) is 5.97. The normalized spacial score (nSPS) is 11.4. The molecular formula is C13H11ClF2N2O2S. The lowest BCUT2D eigenvalue weighted by atomic mass is 10.2.